The van der Waals surface area contributed by atoms with Gasteiger partial charge in [0.25, 0.3) is 0 Å². The number of alkyl halides is 1. The number of rotatable bonds is 5. The van der Waals surface area contributed by atoms with E-state index in [-0.39, 0.29) is 5.38 Å². The molecule has 0 saturated carbocycles. The van der Waals surface area contributed by atoms with Gasteiger partial charge in [0.1, 0.15) is 11.5 Å². The standard InChI is InChI=1S/C18H21ClO2/c1-12-5-6-14(7-13(12)2)8-18(19)15-9-16(20-3)11-17(10-15)21-4/h5-7,9-11,18H,8H2,1-4H3. The molecule has 0 spiro atoms. The normalized spacial score (nSPS) is 12.0. The second-order valence-corrected chi connectivity index (χ2v) is 5.76. The Morgan fingerprint density at radius 1 is 0.905 bits per heavy atom. The summed E-state index contributed by atoms with van der Waals surface area (Å²) < 4.78 is 10.6. The van der Waals surface area contributed by atoms with Crippen molar-refractivity contribution in [2.45, 2.75) is 25.6 Å². The van der Waals surface area contributed by atoms with Crippen molar-refractivity contribution in [1.29, 1.82) is 0 Å². The summed E-state index contributed by atoms with van der Waals surface area (Å²) in [7, 11) is 3.29. The number of benzene rings is 2. The molecule has 0 amide bonds. The van der Waals surface area contributed by atoms with E-state index in [1.54, 1.807) is 14.2 Å². The van der Waals surface area contributed by atoms with Crippen molar-refractivity contribution in [1.82, 2.24) is 0 Å². The van der Waals surface area contributed by atoms with Crippen LogP contribution in [0.2, 0.25) is 0 Å². The van der Waals surface area contributed by atoms with Gasteiger partial charge in [-0.05, 0) is 54.7 Å². The van der Waals surface area contributed by atoms with E-state index >= 15 is 0 Å². The van der Waals surface area contributed by atoms with Gasteiger partial charge < -0.3 is 9.47 Å². The van der Waals surface area contributed by atoms with Gasteiger partial charge in [0, 0.05) is 6.07 Å². The van der Waals surface area contributed by atoms with E-state index in [4.69, 9.17) is 21.1 Å². The van der Waals surface area contributed by atoms with Crippen LogP contribution in [0.25, 0.3) is 0 Å². The summed E-state index contributed by atoms with van der Waals surface area (Å²) >= 11 is 6.58. The van der Waals surface area contributed by atoms with Crippen molar-refractivity contribution in [3.63, 3.8) is 0 Å². The molecular weight excluding hydrogens is 284 g/mol. The predicted molar refractivity (Wildman–Crippen MR) is 87.8 cm³/mol. The maximum absolute atomic E-state index is 6.58. The van der Waals surface area contributed by atoms with Crippen LogP contribution in [0.4, 0.5) is 0 Å². The fourth-order valence-electron chi connectivity index (χ4n) is 2.27. The topological polar surface area (TPSA) is 18.5 Å². The van der Waals surface area contributed by atoms with Gasteiger partial charge in [0.05, 0.1) is 19.6 Å². The zero-order valence-electron chi connectivity index (χ0n) is 12.9. The molecule has 2 aromatic rings. The number of hydrogen-bond donors (Lipinski definition) is 0. The molecule has 1 unspecified atom stereocenters. The van der Waals surface area contributed by atoms with Crippen molar-refractivity contribution < 1.29 is 9.47 Å². The van der Waals surface area contributed by atoms with Crippen LogP contribution in [0.1, 0.15) is 27.6 Å². The Morgan fingerprint density at radius 2 is 1.52 bits per heavy atom. The highest BCUT2D eigenvalue weighted by atomic mass is 35.5. The van der Waals surface area contributed by atoms with Crippen LogP contribution in [0.3, 0.4) is 0 Å². The van der Waals surface area contributed by atoms with Crippen LogP contribution < -0.4 is 9.47 Å². The van der Waals surface area contributed by atoms with E-state index in [0.717, 1.165) is 23.5 Å². The van der Waals surface area contributed by atoms with Gasteiger partial charge in [0.15, 0.2) is 0 Å². The van der Waals surface area contributed by atoms with E-state index in [0.29, 0.717) is 0 Å². The number of aryl methyl sites for hydroxylation is 2. The second-order valence-electron chi connectivity index (χ2n) is 5.24. The van der Waals surface area contributed by atoms with Gasteiger partial charge in [-0.2, -0.15) is 0 Å². The van der Waals surface area contributed by atoms with Gasteiger partial charge in [0.2, 0.25) is 0 Å². The molecule has 0 aliphatic heterocycles. The summed E-state index contributed by atoms with van der Waals surface area (Å²) in [5.74, 6) is 1.52. The number of halogens is 1. The molecule has 0 saturated heterocycles. The molecule has 0 fully saturated rings. The van der Waals surface area contributed by atoms with Crippen LogP contribution >= 0.6 is 11.6 Å². The maximum Gasteiger partial charge on any atom is 0.122 e. The molecule has 0 radical (unpaired) electrons. The molecule has 2 aromatic carbocycles. The molecule has 0 aromatic heterocycles. The lowest BCUT2D eigenvalue weighted by molar-refractivity contribution is 0.393. The summed E-state index contributed by atoms with van der Waals surface area (Å²) in [6.07, 6.45) is 0.777. The molecule has 21 heavy (non-hydrogen) atoms. The molecule has 2 nitrogen and oxygen atoms in total. The second kappa shape index (κ2) is 6.86. The summed E-state index contributed by atoms with van der Waals surface area (Å²) in [6.45, 7) is 4.24. The SMILES string of the molecule is COc1cc(OC)cc(C(Cl)Cc2ccc(C)c(C)c2)c1. The Morgan fingerprint density at radius 3 is 2.05 bits per heavy atom. The highest BCUT2D eigenvalue weighted by Gasteiger charge is 2.12. The molecule has 112 valence electrons. The summed E-state index contributed by atoms with van der Waals surface area (Å²) in [6, 6.07) is 12.2. The average Bonchev–Trinajstić information content (AvgIpc) is 2.50. The zero-order valence-corrected chi connectivity index (χ0v) is 13.7. The molecular formula is C18H21ClO2. The first kappa shape index (κ1) is 15.7. The van der Waals surface area contributed by atoms with Gasteiger partial charge in [-0.3, -0.25) is 0 Å². The third-order valence-electron chi connectivity index (χ3n) is 3.72. The first-order valence-corrected chi connectivity index (χ1v) is 7.40. The highest BCUT2D eigenvalue weighted by Crippen LogP contribution is 2.32. The van der Waals surface area contributed by atoms with Crippen LogP contribution in [0.5, 0.6) is 11.5 Å². The Kier molecular flexibility index (Phi) is 5.13. The van der Waals surface area contributed by atoms with E-state index in [2.05, 4.69) is 32.0 Å². The van der Waals surface area contributed by atoms with Gasteiger partial charge in [-0.15, -0.1) is 11.6 Å². The maximum atomic E-state index is 6.58. The first-order valence-electron chi connectivity index (χ1n) is 6.96. The van der Waals surface area contributed by atoms with E-state index in [1.807, 2.05) is 18.2 Å². The molecule has 0 N–H and O–H groups in total. The Labute approximate surface area is 131 Å². The molecule has 0 aliphatic carbocycles. The van der Waals surface area contributed by atoms with Crippen molar-refractivity contribution in [3.8, 4) is 11.5 Å². The van der Waals surface area contributed by atoms with E-state index in [1.165, 1.54) is 16.7 Å². The van der Waals surface area contributed by atoms with Crippen LogP contribution in [0, 0.1) is 13.8 Å². The van der Waals surface area contributed by atoms with Crippen LogP contribution in [-0.2, 0) is 6.42 Å². The summed E-state index contributed by atoms with van der Waals surface area (Å²) in [5.41, 5.74) is 4.83. The van der Waals surface area contributed by atoms with Crippen molar-refractivity contribution in [3.05, 3.63) is 58.7 Å². The van der Waals surface area contributed by atoms with E-state index < -0.39 is 0 Å². The molecule has 0 heterocycles. The minimum atomic E-state index is -0.115. The van der Waals surface area contributed by atoms with Crippen molar-refractivity contribution in [2.24, 2.45) is 0 Å². The lowest BCUT2D eigenvalue weighted by Crippen LogP contribution is -1.99. The third-order valence-corrected chi connectivity index (χ3v) is 4.13. The van der Waals surface area contributed by atoms with Gasteiger partial charge in [-0.1, -0.05) is 18.2 Å². The quantitative estimate of drug-likeness (QED) is 0.736. The minimum absolute atomic E-state index is 0.115. The molecule has 3 heteroatoms. The first-order chi connectivity index (χ1) is 10.0. The summed E-state index contributed by atoms with van der Waals surface area (Å²) in [5, 5.41) is -0.115. The van der Waals surface area contributed by atoms with Crippen LogP contribution in [-0.4, -0.2) is 14.2 Å². The van der Waals surface area contributed by atoms with Crippen molar-refractivity contribution >= 4 is 11.6 Å². The largest absolute Gasteiger partial charge is 0.497 e. The third kappa shape index (κ3) is 3.92. The molecule has 1 atom stereocenters. The number of ether oxygens (including phenoxy) is 2. The summed E-state index contributed by atoms with van der Waals surface area (Å²) in [4.78, 5) is 0. The Balaban J connectivity index is 2.22. The smallest absolute Gasteiger partial charge is 0.122 e. The Hall–Kier alpha value is -1.67. The molecule has 2 rings (SSSR count). The number of methoxy groups -OCH3 is 2. The van der Waals surface area contributed by atoms with Crippen molar-refractivity contribution in [2.75, 3.05) is 14.2 Å². The fourth-order valence-corrected chi connectivity index (χ4v) is 2.57. The lowest BCUT2D eigenvalue weighted by Gasteiger charge is -2.14. The molecule has 0 bridgehead atoms. The molecule has 0 aliphatic rings. The monoisotopic (exact) mass is 304 g/mol. The predicted octanol–water partition coefficient (Wildman–Crippen LogP) is 4.84. The van der Waals surface area contributed by atoms with Crippen LogP contribution in [0.15, 0.2) is 36.4 Å². The Bertz CT molecular complexity index is 600. The van der Waals surface area contributed by atoms with Gasteiger partial charge >= 0.3 is 0 Å². The van der Waals surface area contributed by atoms with E-state index in [9.17, 15) is 0 Å². The number of hydrogen-bond acceptors (Lipinski definition) is 2. The minimum Gasteiger partial charge on any atom is -0.497 e. The highest BCUT2D eigenvalue weighted by molar-refractivity contribution is 6.21. The van der Waals surface area contributed by atoms with Gasteiger partial charge in [-0.25, -0.2) is 0 Å². The lowest BCUT2D eigenvalue weighted by atomic mass is 10.00. The zero-order chi connectivity index (χ0) is 15.4. The average molecular weight is 305 g/mol. The fraction of sp³-hybridized carbons (Fsp3) is 0.333.